The Bertz CT molecular complexity index is 406. The molecule has 0 aliphatic carbocycles. The van der Waals surface area contributed by atoms with Crippen molar-refractivity contribution in [2.24, 2.45) is 0 Å². The highest BCUT2D eigenvalue weighted by Crippen LogP contribution is 2.27. The minimum atomic E-state index is 0.586. The molecule has 1 aromatic rings. The lowest BCUT2D eigenvalue weighted by atomic mass is 10.1. The Morgan fingerprint density at radius 1 is 1.19 bits per heavy atom. The van der Waals surface area contributed by atoms with E-state index in [0.717, 1.165) is 19.6 Å². The van der Waals surface area contributed by atoms with E-state index in [4.69, 9.17) is 0 Å². The first-order chi connectivity index (χ1) is 10.1. The molecule has 0 aromatic heterocycles. The SMILES string of the molecule is CCCCN(c1ccc(Br)cc1CNCCC)C(C)CC. The van der Waals surface area contributed by atoms with Crippen LogP contribution in [-0.2, 0) is 6.54 Å². The summed E-state index contributed by atoms with van der Waals surface area (Å²) in [6, 6.07) is 7.29. The highest BCUT2D eigenvalue weighted by Gasteiger charge is 2.16. The van der Waals surface area contributed by atoms with Gasteiger partial charge in [0.2, 0.25) is 0 Å². The van der Waals surface area contributed by atoms with Gasteiger partial charge in [0, 0.05) is 29.3 Å². The van der Waals surface area contributed by atoms with Crippen LogP contribution in [0.3, 0.4) is 0 Å². The number of halogens is 1. The number of benzene rings is 1. The number of anilines is 1. The molecule has 0 fully saturated rings. The second-order valence-electron chi connectivity index (χ2n) is 5.75. The summed E-state index contributed by atoms with van der Waals surface area (Å²) in [6.07, 6.45) is 4.85. The molecular formula is C18H31BrN2. The molecule has 0 amide bonds. The van der Waals surface area contributed by atoms with Crippen molar-refractivity contribution in [2.75, 3.05) is 18.0 Å². The van der Waals surface area contributed by atoms with E-state index in [2.05, 4.69) is 72.0 Å². The number of nitrogens with one attached hydrogen (secondary N) is 1. The molecule has 120 valence electrons. The zero-order chi connectivity index (χ0) is 15.7. The Morgan fingerprint density at radius 3 is 2.57 bits per heavy atom. The summed E-state index contributed by atoms with van der Waals surface area (Å²) in [5.41, 5.74) is 2.79. The van der Waals surface area contributed by atoms with Crippen LogP contribution in [-0.4, -0.2) is 19.1 Å². The van der Waals surface area contributed by atoms with Crippen LogP contribution < -0.4 is 10.2 Å². The molecule has 2 nitrogen and oxygen atoms in total. The van der Waals surface area contributed by atoms with E-state index in [1.54, 1.807) is 0 Å². The number of nitrogens with zero attached hydrogens (tertiary/aromatic N) is 1. The summed E-state index contributed by atoms with van der Waals surface area (Å²) in [6.45, 7) is 12.2. The van der Waals surface area contributed by atoms with Crippen LogP contribution >= 0.6 is 15.9 Å². The molecule has 0 radical (unpaired) electrons. The maximum absolute atomic E-state index is 3.61. The van der Waals surface area contributed by atoms with Gasteiger partial charge in [0.25, 0.3) is 0 Å². The zero-order valence-electron chi connectivity index (χ0n) is 14.1. The highest BCUT2D eigenvalue weighted by molar-refractivity contribution is 9.10. The predicted molar refractivity (Wildman–Crippen MR) is 98.1 cm³/mol. The van der Waals surface area contributed by atoms with Gasteiger partial charge in [-0.05, 0) is 56.5 Å². The first kappa shape index (κ1) is 18.5. The van der Waals surface area contributed by atoms with Crippen molar-refractivity contribution < 1.29 is 0 Å². The number of hydrogen-bond acceptors (Lipinski definition) is 2. The average Bonchev–Trinajstić information content (AvgIpc) is 2.49. The quantitative estimate of drug-likeness (QED) is 0.569. The normalized spacial score (nSPS) is 12.4. The average molecular weight is 355 g/mol. The third kappa shape index (κ3) is 5.99. The Labute approximate surface area is 139 Å². The van der Waals surface area contributed by atoms with Crippen molar-refractivity contribution in [3.8, 4) is 0 Å². The Balaban J connectivity index is 2.98. The molecule has 1 atom stereocenters. The molecule has 1 aromatic carbocycles. The molecule has 0 spiro atoms. The number of hydrogen-bond donors (Lipinski definition) is 1. The molecule has 0 saturated heterocycles. The van der Waals surface area contributed by atoms with Gasteiger partial charge in [-0.2, -0.15) is 0 Å². The maximum atomic E-state index is 3.61. The summed E-state index contributed by atoms with van der Waals surface area (Å²) < 4.78 is 1.17. The van der Waals surface area contributed by atoms with Crippen LogP contribution in [0.5, 0.6) is 0 Å². The van der Waals surface area contributed by atoms with Gasteiger partial charge in [-0.1, -0.05) is 43.1 Å². The van der Waals surface area contributed by atoms with E-state index in [1.807, 2.05) is 0 Å². The molecule has 0 aliphatic rings. The Kier molecular flexibility index (Phi) is 9.02. The molecule has 0 aliphatic heterocycles. The third-order valence-corrected chi connectivity index (χ3v) is 4.46. The molecule has 1 unspecified atom stereocenters. The summed E-state index contributed by atoms with van der Waals surface area (Å²) in [7, 11) is 0. The smallest absolute Gasteiger partial charge is 0.0415 e. The Hall–Kier alpha value is -0.540. The third-order valence-electron chi connectivity index (χ3n) is 3.97. The minimum absolute atomic E-state index is 0.586. The van der Waals surface area contributed by atoms with Gasteiger partial charge in [0.05, 0.1) is 0 Å². The van der Waals surface area contributed by atoms with Crippen LogP contribution in [0.4, 0.5) is 5.69 Å². The van der Waals surface area contributed by atoms with Gasteiger partial charge in [-0.3, -0.25) is 0 Å². The van der Waals surface area contributed by atoms with Crippen molar-refractivity contribution >= 4 is 21.6 Å². The summed E-state index contributed by atoms with van der Waals surface area (Å²) >= 11 is 3.61. The topological polar surface area (TPSA) is 15.3 Å². The lowest BCUT2D eigenvalue weighted by Gasteiger charge is -2.33. The van der Waals surface area contributed by atoms with Crippen LogP contribution in [0.25, 0.3) is 0 Å². The first-order valence-electron chi connectivity index (χ1n) is 8.39. The van der Waals surface area contributed by atoms with E-state index in [9.17, 15) is 0 Å². The fraction of sp³-hybridized carbons (Fsp3) is 0.667. The lowest BCUT2D eigenvalue weighted by Crippen LogP contribution is -2.34. The Morgan fingerprint density at radius 2 is 1.95 bits per heavy atom. The standard InChI is InChI=1S/C18H31BrN2/c1-5-8-12-21(15(4)7-3)18-10-9-17(19)13-16(18)14-20-11-6-2/h9-10,13,15,20H,5-8,11-12,14H2,1-4H3. The van der Waals surface area contributed by atoms with Gasteiger partial charge >= 0.3 is 0 Å². The van der Waals surface area contributed by atoms with E-state index >= 15 is 0 Å². The maximum Gasteiger partial charge on any atom is 0.0415 e. The van der Waals surface area contributed by atoms with Crippen LogP contribution in [0.1, 0.15) is 58.9 Å². The summed E-state index contributed by atoms with van der Waals surface area (Å²) in [5, 5.41) is 3.54. The lowest BCUT2D eigenvalue weighted by molar-refractivity contribution is 0.590. The predicted octanol–water partition coefficient (Wildman–Crippen LogP) is 5.35. The monoisotopic (exact) mass is 354 g/mol. The van der Waals surface area contributed by atoms with Crippen molar-refractivity contribution in [2.45, 2.75) is 66.0 Å². The van der Waals surface area contributed by atoms with Crippen molar-refractivity contribution in [3.05, 3.63) is 28.2 Å². The van der Waals surface area contributed by atoms with Gasteiger partial charge < -0.3 is 10.2 Å². The van der Waals surface area contributed by atoms with Gasteiger partial charge in [-0.15, -0.1) is 0 Å². The van der Waals surface area contributed by atoms with Crippen molar-refractivity contribution in [1.82, 2.24) is 5.32 Å². The second-order valence-corrected chi connectivity index (χ2v) is 6.67. The summed E-state index contributed by atoms with van der Waals surface area (Å²) in [5.74, 6) is 0. The zero-order valence-corrected chi connectivity index (χ0v) is 15.7. The number of unbranched alkanes of at least 4 members (excludes halogenated alkanes) is 1. The van der Waals surface area contributed by atoms with Crippen LogP contribution in [0.15, 0.2) is 22.7 Å². The second kappa shape index (κ2) is 10.2. The highest BCUT2D eigenvalue weighted by atomic mass is 79.9. The molecule has 3 heteroatoms. The van der Waals surface area contributed by atoms with Gasteiger partial charge in [-0.25, -0.2) is 0 Å². The molecule has 0 heterocycles. The van der Waals surface area contributed by atoms with Crippen LogP contribution in [0, 0.1) is 0 Å². The fourth-order valence-corrected chi connectivity index (χ4v) is 2.91. The van der Waals surface area contributed by atoms with Crippen molar-refractivity contribution in [1.29, 1.82) is 0 Å². The van der Waals surface area contributed by atoms with Gasteiger partial charge in [0.15, 0.2) is 0 Å². The van der Waals surface area contributed by atoms with E-state index < -0.39 is 0 Å². The molecule has 0 saturated carbocycles. The van der Waals surface area contributed by atoms with E-state index in [-0.39, 0.29) is 0 Å². The van der Waals surface area contributed by atoms with Gasteiger partial charge in [0.1, 0.15) is 0 Å². The molecule has 1 rings (SSSR count). The first-order valence-corrected chi connectivity index (χ1v) is 9.19. The van der Waals surface area contributed by atoms with E-state index in [1.165, 1.54) is 41.4 Å². The number of rotatable bonds is 10. The largest absolute Gasteiger partial charge is 0.369 e. The van der Waals surface area contributed by atoms with E-state index in [0.29, 0.717) is 6.04 Å². The summed E-state index contributed by atoms with van der Waals surface area (Å²) in [4.78, 5) is 2.58. The minimum Gasteiger partial charge on any atom is -0.369 e. The molecule has 1 N–H and O–H groups in total. The molecule has 0 bridgehead atoms. The molecular weight excluding hydrogens is 324 g/mol. The fourth-order valence-electron chi connectivity index (χ4n) is 2.50. The van der Waals surface area contributed by atoms with Crippen molar-refractivity contribution in [3.63, 3.8) is 0 Å². The molecule has 21 heavy (non-hydrogen) atoms. The van der Waals surface area contributed by atoms with Crippen LogP contribution in [0.2, 0.25) is 0 Å².